The van der Waals surface area contributed by atoms with Crippen LogP contribution in [0.25, 0.3) is 0 Å². The van der Waals surface area contributed by atoms with E-state index >= 15 is 0 Å². The van der Waals surface area contributed by atoms with Gasteiger partial charge in [-0.2, -0.15) is 4.98 Å². The van der Waals surface area contributed by atoms with Crippen molar-refractivity contribution < 1.29 is 19.0 Å². The first kappa shape index (κ1) is 64.3. The Bertz CT molecular complexity index is 1760. The predicted molar refractivity (Wildman–Crippen MR) is 312 cm³/mol. The number of aromatic nitrogens is 2. The van der Waals surface area contributed by atoms with E-state index in [9.17, 15) is 4.79 Å². The molecule has 0 aliphatic heterocycles. The van der Waals surface area contributed by atoms with Crippen molar-refractivity contribution in [2.75, 3.05) is 50.6 Å². The SMILES string of the molecule is CCCCC/C=C\C/C=C\CCCCCCCCC(CCCCCCCC/C=C\C/C=C\CCCCC)OC(=O)NCCCCNCc1cc(OC)c(CN=Cc2nc(N)nc(NCCCC)c2N)c(OC)c1. The quantitative estimate of drug-likeness (QED) is 0.0244. The number of hydrogen-bond donors (Lipinski definition) is 5. The summed E-state index contributed by atoms with van der Waals surface area (Å²) < 4.78 is 17.6. The van der Waals surface area contributed by atoms with Gasteiger partial charge in [-0.1, -0.05) is 153 Å². The molecule has 12 heteroatoms. The smallest absolute Gasteiger partial charge is 0.407 e. The van der Waals surface area contributed by atoms with Gasteiger partial charge in [0.2, 0.25) is 5.95 Å². The minimum Gasteiger partial charge on any atom is -0.496 e. The van der Waals surface area contributed by atoms with Gasteiger partial charge in [0.1, 0.15) is 29.0 Å². The second-order valence-electron chi connectivity index (χ2n) is 19.5. The first-order chi connectivity index (χ1) is 35.9. The second kappa shape index (κ2) is 45.7. The third-order valence-electron chi connectivity index (χ3n) is 13.1. The Morgan fingerprint density at radius 2 is 1.10 bits per heavy atom. The molecule has 0 atom stereocenters. The summed E-state index contributed by atoms with van der Waals surface area (Å²) in [5, 5.41) is 9.81. The van der Waals surface area contributed by atoms with Crippen LogP contribution in [0.1, 0.15) is 230 Å². The van der Waals surface area contributed by atoms with Gasteiger partial charge in [0.15, 0.2) is 5.82 Å². The molecule has 0 fully saturated rings. The Morgan fingerprint density at radius 3 is 1.62 bits per heavy atom. The number of methoxy groups -OCH3 is 2. The summed E-state index contributed by atoms with van der Waals surface area (Å²) in [4.78, 5) is 26.2. The molecule has 0 aliphatic carbocycles. The lowest BCUT2D eigenvalue weighted by atomic mass is 10.0. The summed E-state index contributed by atoms with van der Waals surface area (Å²) in [7, 11) is 3.29. The molecule has 2 rings (SSSR count). The van der Waals surface area contributed by atoms with Gasteiger partial charge in [0, 0.05) is 25.8 Å². The van der Waals surface area contributed by atoms with Crippen LogP contribution in [-0.4, -0.2) is 62.2 Å². The summed E-state index contributed by atoms with van der Waals surface area (Å²) >= 11 is 0. The monoisotopic (exact) mass is 1010 g/mol. The molecule has 0 saturated carbocycles. The van der Waals surface area contributed by atoms with Gasteiger partial charge >= 0.3 is 6.09 Å². The van der Waals surface area contributed by atoms with E-state index in [0.29, 0.717) is 48.3 Å². The Morgan fingerprint density at radius 1 is 0.603 bits per heavy atom. The molecule has 0 aliphatic rings. The molecule has 0 bridgehead atoms. The van der Waals surface area contributed by atoms with E-state index < -0.39 is 0 Å². The van der Waals surface area contributed by atoms with Crippen molar-refractivity contribution in [2.45, 2.75) is 233 Å². The van der Waals surface area contributed by atoms with E-state index in [2.05, 4.69) is 100 Å². The van der Waals surface area contributed by atoms with Crippen molar-refractivity contribution in [3.63, 3.8) is 0 Å². The zero-order valence-corrected chi connectivity index (χ0v) is 46.8. The first-order valence-electron chi connectivity index (χ1n) is 29.0. The predicted octanol–water partition coefficient (Wildman–Crippen LogP) is 15.9. The maximum Gasteiger partial charge on any atom is 0.407 e. The summed E-state index contributed by atoms with van der Waals surface area (Å²) in [6.07, 6.45) is 55.2. The van der Waals surface area contributed by atoms with Gasteiger partial charge in [-0.05, 0) is 133 Å². The van der Waals surface area contributed by atoms with Crippen molar-refractivity contribution in [1.29, 1.82) is 0 Å². The number of alkyl carbamates (subject to hydrolysis) is 1. The number of rotatable bonds is 47. The Kier molecular flexibility index (Phi) is 40.3. The van der Waals surface area contributed by atoms with Gasteiger partial charge in [-0.25, -0.2) is 9.78 Å². The zero-order valence-electron chi connectivity index (χ0n) is 46.8. The van der Waals surface area contributed by atoms with Gasteiger partial charge in [-0.15, -0.1) is 0 Å². The molecule has 2 aromatic rings. The maximum absolute atomic E-state index is 13.0. The molecule has 12 nitrogen and oxygen atoms in total. The van der Waals surface area contributed by atoms with Crippen LogP contribution in [0.15, 0.2) is 65.7 Å². The fourth-order valence-electron chi connectivity index (χ4n) is 8.61. The number of amides is 1. The van der Waals surface area contributed by atoms with Gasteiger partial charge in [0.25, 0.3) is 0 Å². The molecule has 1 aromatic carbocycles. The third-order valence-corrected chi connectivity index (χ3v) is 13.1. The number of nitrogens with two attached hydrogens (primary N) is 2. The summed E-state index contributed by atoms with van der Waals surface area (Å²) in [6.45, 7) is 9.70. The second-order valence-corrected chi connectivity index (χ2v) is 19.5. The minimum absolute atomic E-state index is 0.0204. The number of ether oxygens (including phenoxy) is 3. The molecule has 0 saturated heterocycles. The fraction of sp³-hybridized carbons (Fsp3) is 0.672. The molecule has 1 heterocycles. The number of benzene rings is 1. The van der Waals surface area contributed by atoms with Crippen LogP contribution in [0.3, 0.4) is 0 Å². The number of allylic oxidation sites excluding steroid dienone is 8. The third kappa shape index (κ3) is 33.6. The van der Waals surface area contributed by atoms with Gasteiger partial charge in [0.05, 0.1) is 26.3 Å². The van der Waals surface area contributed by atoms with Crippen LogP contribution >= 0.6 is 0 Å². The van der Waals surface area contributed by atoms with Crippen molar-refractivity contribution >= 4 is 29.8 Å². The summed E-state index contributed by atoms with van der Waals surface area (Å²) in [5.41, 5.74) is 15.0. The van der Waals surface area contributed by atoms with Crippen LogP contribution in [0, 0.1) is 0 Å². The highest BCUT2D eigenvalue weighted by molar-refractivity contribution is 5.89. The van der Waals surface area contributed by atoms with Gasteiger partial charge < -0.3 is 41.6 Å². The molecule has 1 aromatic heterocycles. The van der Waals surface area contributed by atoms with Gasteiger partial charge in [-0.3, -0.25) is 4.99 Å². The van der Waals surface area contributed by atoms with Crippen molar-refractivity contribution in [2.24, 2.45) is 4.99 Å². The molecular formula is C61H104N8O4. The highest BCUT2D eigenvalue weighted by atomic mass is 16.6. The molecule has 73 heavy (non-hydrogen) atoms. The molecule has 0 spiro atoms. The Hall–Kier alpha value is -4.84. The Labute approximate surface area is 445 Å². The van der Waals surface area contributed by atoms with Crippen molar-refractivity contribution in [3.8, 4) is 11.5 Å². The first-order valence-corrected chi connectivity index (χ1v) is 29.0. The van der Waals surface area contributed by atoms with E-state index in [4.69, 9.17) is 25.7 Å². The number of anilines is 3. The van der Waals surface area contributed by atoms with Crippen LogP contribution < -0.4 is 36.9 Å². The molecular weight excluding hydrogens is 909 g/mol. The van der Waals surface area contributed by atoms with Crippen LogP contribution in [0.5, 0.6) is 11.5 Å². The largest absolute Gasteiger partial charge is 0.496 e. The number of nitrogens with zero attached hydrogens (tertiary/aromatic N) is 3. The lowest BCUT2D eigenvalue weighted by molar-refractivity contribution is 0.0841. The number of carbonyl (C=O) groups excluding carboxylic acids is 1. The number of hydrogen-bond acceptors (Lipinski definition) is 11. The number of aliphatic imine (C=N–C) groups is 1. The average Bonchev–Trinajstić information content (AvgIpc) is 3.39. The molecule has 0 unspecified atom stereocenters. The molecule has 0 radical (unpaired) electrons. The van der Waals surface area contributed by atoms with Crippen LogP contribution in [0.2, 0.25) is 0 Å². The standard InChI is InChI=1S/C61H104N8O4/c1-6-9-12-14-16-18-20-22-24-26-28-30-32-34-36-38-42-53(43-39-37-35-33-31-29-27-25-23-21-19-17-15-13-10-7-2)73-61(70)67-46-41-40-44-64-49-52-47-56(71-4)54(57(48-52)72-5)50-65-51-55-58(62)59(66-45-11-8-3)69-60(63)68-55/h16-19,22-25,47-48,51,53,64H,6-15,20-21,26-46,49-50,62H2,1-5H3,(H,67,70)(H3,63,66,68,69)/b18-16-,19-17-,24-22-,25-23-,65-51?. The number of nitrogen functional groups attached to an aromatic ring is 2. The maximum atomic E-state index is 13.0. The topological polar surface area (TPSA) is 171 Å². The molecule has 1 amide bonds. The summed E-state index contributed by atoms with van der Waals surface area (Å²) in [6, 6.07) is 4.01. The number of carbonyl (C=O) groups is 1. The number of nitrogens with one attached hydrogen (secondary N) is 3. The van der Waals surface area contributed by atoms with E-state index in [0.717, 1.165) is 88.4 Å². The zero-order chi connectivity index (χ0) is 52.7. The normalized spacial score (nSPS) is 12.0. The Balaban J connectivity index is 1.75. The van der Waals surface area contributed by atoms with Crippen molar-refractivity contribution in [3.05, 3.63) is 77.6 Å². The lowest BCUT2D eigenvalue weighted by Crippen LogP contribution is -2.30. The van der Waals surface area contributed by atoms with Crippen molar-refractivity contribution in [1.82, 2.24) is 20.6 Å². The fourth-order valence-corrected chi connectivity index (χ4v) is 8.61. The number of unbranched alkanes of at least 4 members (excludes halogenated alkanes) is 20. The van der Waals surface area contributed by atoms with Crippen LogP contribution in [0.4, 0.5) is 22.2 Å². The van der Waals surface area contributed by atoms with E-state index in [1.165, 1.54) is 128 Å². The molecule has 412 valence electrons. The average molecular weight is 1010 g/mol. The molecule has 7 N–H and O–H groups in total. The van der Waals surface area contributed by atoms with E-state index in [1.54, 1.807) is 20.4 Å². The lowest BCUT2D eigenvalue weighted by Gasteiger charge is -2.18. The highest BCUT2D eigenvalue weighted by Crippen LogP contribution is 2.32. The highest BCUT2D eigenvalue weighted by Gasteiger charge is 2.16. The minimum atomic E-state index is -0.282. The van der Waals surface area contributed by atoms with E-state index in [-0.39, 0.29) is 18.1 Å². The van der Waals surface area contributed by atoms with Crippen LogP contribution in [-0.2, 0) is 17.8 Å². The summed E-state index contributed by atoms with van der Waals surface area (Å²) in [5.74, 6) is 2.01. The van der Waals surface area contributed by atoms with E-state index in [1.807, 2.05) is 12.1 Å².